The molecule has 0 saturated heterocycles. The number of oxazole rings is 1. The number of nitrogens with one attached hydrogen (secondary N) is 2. The van der Waals surface area contributed by atoms with E-state index in [1.54, 1.807) is 10.6 Å². The lowest BCUT2D eigenvalue weighted by Gasteiger charge is -2.18. The molecule has 0 spiro atoms. The number of aromatic amines is 1. The Labute approximate surface area is 174 Å². The van der Waals surface area contributed by atoms with Crippen LogP contribution in [0.1, 0.15) is 45.0 Å². The molecule has 0 radical (unpaired) electrons. The van der Waals surface area contributed by atoms with E-state index in [0.717, 1.165) is 28.8 Å². The quantitative estimate of drug-likeness (QED) is 0.460. The standard InChI is InChI=1S/C23H26N4O3/c1-15(2)14-18(22-25-16-8-3-4-9-17(16)26-22)24-21(28)12-7-13-27-19-10-5-6-11-20(19)30-23(27)29/h3-6,8-11,15,18H,7,12-14H2,1-2H3,(H,24,28)(H,25,26)/t18-/m1/s1. The first kappa shape index (κ1) is 19.9. The van der Waals surface area contributed by atoms with Crippen LogP contribution in [0.5, 0.6) is 0 Å². The van der Waals surface area contributed by atoms with Crippen LogP contribution in [-0.2, 0) is 11.3 Å². The fourth-order valence-corrected chi connectivity index (χ4v) is 3.74. The zero-order chi connectivity index (χ0) is 21.1. The van der Waals surface area contributed by atoms with E-state index in [4.69, 9.17) is 4.42 Å². The van der Waals surface area contributed by atoms with Gasteiger partial charge in [0.1, 0.15) is 5.82 Å². The molecule has 0 saturated carbocycles. The Hall–Kier alpha value is -3.35. The van der Waals surface area contributed by atoms with Crippen molar-refractivity contribution >= 4 is 28.0 Å². The smallest absolute Gasteiger partial charge is 0.408 e. The van der Waals surface area contributed by atoms with Crippen molar-refractivity contribution in [3.63, 3.8) is 0 Å². The van der Waals surface area contributed by atoms with Crippen molar-refractivity contribution in [3.05, 3.63) is 64.9 Å². The first-order valence-electron chi connectivity index (χ1n) is 10.3. The Morgan fingerprint density at radius 3 is 2.73 bits per heavy atom. The van der Waals surface area contributed by atoms with E-state index in [0.29, 0.717) is 30.9 Å². The number of hydrogen-bond acceptors (Lipinski definition) is 4. The van der Waals surface area contributed by atoms with E-state index in [1.807, 2.05) is 42.5 Å². The second kappa shape index (κ2) is 8.57. The molecule has 30 heavy (non-hydrogen) atoms. The van der Waals surface area contributed by atoms with Crippen molar-refractivity contribution in [1.82, 2.24) is 19.9 Å². The van der Waals surface area contributed by atoms with Crippen LogP contribution < -0.4 is 11.1 Å². The van der Waals surface area contributed by atoms with E-state index in [2.05, 4.69) is 29.1 Å². The van der Waals surface area contributed by atoms with Crippen LogP contribution in [0.15, 0.2) is 57.7 Å². The molecule has 7 nitrogen and oxygen atoms in total. The summed E-state index contributed by atoms with van der Waals surface area (Å²) in [6.45, 7) is 4.68. The van der Waals surface area contributed by atoms with Crippen LogP contribution in [0.4, 0.5) is 0 Å². The number of para-hydroxylation sites is 4. The van der Waals surface area contributed by atoms with Gasteiger partial charge >= 0.3 is 5.76 Å². The molecule has 0 aliphatic heterocycles. The van der Waals surface area contributed by atoms with Crippen LogP contribution in [0.25, 0.3) is 22.1 Å². The zero-order valence-corrected chi connectivity index (χ0v) is 17.2. The lowest BCUT2D eigenvalue weighted by molar-refractivity contribution is -0.122. The molecule has 1 atom stereocenters. The van der Waals surface area contributed by atoms with Gasteiger partial charge in [-0.1, -0.05) is 38.1 Å². The Bertz CT molecular complexity index is 1180. The summed E-state index contributed by atoms with van der Waals surface area (Å²) in [5, 5.41) is 3.11. The SMILES string of the molecule is CC(C)C[C@@H](NC(=O)CCCn1c(=O)oc2ccccc21)c1nc2ccccc2[nH]1. The van der Waals surface area contributed by atoms with Gasteiger partial charge in [0.25, 0.3) is 0 Å². The molecule has 0 unspecified atom stereocenters. The van der Waals surface area contributed by atoms with Gasteiger partial charge in [-0.15, -0.1) is 0 Å². The number of nitrogens with zero attached hydrogens (tertiary/aromatic N) is 2. The number of carbonyl (C=O) groups excluding carboxylic acids is 1. The zero-order valence-electron chi connectivity index (χ0n) is 17.2. The molecule has 2 heterocycles. The van der Waals surface area contributed by atoms with Crippen LogP contribution in [0.3, 0.4) is 0 Å². The number of imidazole rings is 1. The third kappa shape index (κ3) is 4.30. The number of aryl methyl sites for hydroxylation is 1. The minimum atomic E-state index is -0.392. The molecule has 4 rings (SSSR count). The van der Waals surface area contributed by atoms with Crippen molar-refractivity contribution in [2.75, 3.05) is 0 Å². The van der Waals surface area contributed by atoms with E-state index < -0.39 is 5.76 Å². The minimum Gasteiger partial charge on any atom is -0.408 e. The van der Waals surface area contributed by atoms with Crippen molar-refractivity contribution in [3.8, 4) is 0 Å². The summed E-state index contributed by atoms with van der Waals surface area (Å²) < 4.78 is 6.82. The second-order valence-electron chi connectivity index (χ2n) is 7.98. The highest BCUT2D eigenvalue weighted by molar-refractivity contribution is 5.77. The monoisotopic (exact) mass is 406 g/mol. The highest BCUT2D eigenvalue weighted by Gasteiger charge is 2.20. The van der Waals surface area contributed by atoms with Crippen LogP contribution in [0.2, 0.25) is 0 Å². The highest BCUT2D eigenvalue weighted by Crippen LogP contribution is 2.22. The van der Waals surface area contributed by atoms with Crippen molar-refractivity contribution in [1.29, 1.82) is 0 Å². The summed E-state index contributed by atoms with van der Waals surface area (Å²) in [6.07, 6.45) is 1.65. The number of aromatic nitrogens is 3. The number of benzene rings is 2. The van der Waals surface area contributed by atoms with Crippen molar-refractivity contribution in [2.45, 2.75) is 45.7 Å². The maximum absolute atomic E-state index is 12.6. The molecule has 0 aliphatic rings. The van der Waals surface area contributed by atoms with Gasteiger partial charge in [-0.05, 0) is 43.0 Å². The van der Waals surface area contributed by atoms with E-state index in [9.17, 15) is 9.59 Å². The molecule has 4 aromatic rings. The molecule has 2 N–H and O–H groups in total. The molecular weight excluding hydrogens is 380 g/mol. The molecule has 2 aromatic carbocycles. The van der Waals surface area contributed by atoms with Gasteiger partial charge in [0, 0.05) is 13.0 Å². The summed E-state index contributed by atoms with van der Waals surface area (Å²) in [5.74, 6) is 0.730. The third-order valence-electron chi connectivity index (χ3n) is 5.14. The lowest BCUT2D eigenvalue weighted by atomic mass is 10.0. The van der Waals surface area contributed by atoms with Gasteiger partial charge in [-0.3, -0.25) is 9.36 Å². The predicted molar refractivity (Wildman–Crippen MR) is 116 cm³/mol. The maximum atomic E-state index is 12.6. The Morgan fingerprint density at radius 2 is 1.93 bits per heavy atom. The van der Waals surface area contributed by atoms with Gasteiger partial charge in [-0.25, -0.2) is 9.78 Å². The van der Waals surface area contributed by atoms with Gasteiger partial charge in [-0.2, -0.15) is 0 Å². The molecular formula is C23H26N4O3. The number of hydrogen-bond donors (Lipinski definition) is 2. The predicted octanol–water partition coefficient (Wildman–Crippen LogP) is 4.15. The third-order valence-corrected chi connectivity index (χ3v) is 5.14. The number of H-pyrrole nitrogens is 1. The first-order valence-corrected chi connectivity index (χ1v) is 10.3. The number of fused-ring (bicyclic) bond motifs is 2. The number of carbonyl (C=O) groups is 1. The average Bonchev–Trinajstić information content (AvgIpc) is 3.28. The number of rotatable bonds is 8. The van der Waals surface area contributed by atoms with E-state index in [-0.39, 0.29) is 11.9 Å². The van der Waals surface area contributed by atoms with Gasteiger partial charge < -0.3 is 14.7 Å². The fourth-order valence-electron chi connectivity index (χ4n) is 3.74. The van der Waals surface area contributed by atoms with Crippen LogP contribution in [0, 0.1) is 5.92 Å². The summed E-state index contributed by atoms with van der Waals surface area (Å²) in [7, 11) is 0. The largest absolute Gasteiger partial charge is 0.419 e. The topological polar surface area (TPSA) is 92.9 Å². The molecule has 0 fully saturated rings. The van der Waals surface area contributed by atoms with Crippen molar-refractivity contribution < 1.29 is 9.21 Å². The Balaban J connectivity index is 1.41. The highest BCUT2D eigenvalue weighted by atomic mass is 16.4. The minimum absolute atomic E-state index is 0.0537. The summed E-state index contributed by atoms with van der Waals surface area (Å²) in [5.41, 5.74) is 3.17. The Morgan fingerprint density at radius 1 is 1.17 bits per heavy atom. The summed E-state index contributed by atoms with van der Waals surface area (Å²) in [6, 6.07) is 15.0. The fraction of sp³-hybridized carbons (Fsp3) is 0.348. The number of amides is 1. The lowest BCUT2D eigenvalue weighted by Crippen LogP contribution is -2.30. The Kier molecular flexibility index (Phi) is 5.70. The maximum Gasteiger partial charge on any atom is 0.419 e. The molecule has 0 aliphatic carbocycles. The van der Waals surface area contributed by atoms with Gasteiger partial charge in [0.15, 0.2) is 5.58 Å². The molecule has 0 bridgehead atoms. The molecule has 1 amide bonds. The summed E-state index contributed by atoms with van der Waals surface area (Å²) >= 11 is 0. The van der Waals surface area contributed by atoms with E-state index in [1.165, 1.54) is 0 Å². The summed E-state index contributed by atoms with van der Waals surface area (Å²) in [4.78, 5) is 32.7. The normalized spacial score (nSPS) is 12.6. The van der Waals surface area contributed by atoms with Crippen molar-refractivity contribution in [2.24, 2.45) is 5.92 Å². The first-order chi connectivity index (χ1) is 14.5. The van der Waals surface area contributed by atoms with Gasteiger partial charge in [0.2, 0.25) is 5.91 Å². The van der Waals surface area contributed by atoms with Crippen LogP contribution >= 0.6 is 0 Å². The van der Waals surface area contributed by atoms with Crippen LogP contribution in [-0.4, -0.2) is 20.4 Å². The van der Waals surface area contributed by atoms with Gasteiger partial charge in [0.05, 0.1) is 22.6 Å². The van der Waals surface area contributed by atoms with E-state index >= 15 is 0 Å². The molecule has 7 heteroatoms. The second-order valence-corrected chi connectivity index (χ2v) is 7.98. The average molecular weight is 406 g/mol. The molecule has 2 aromatic heterocycles. The molecule has 156 valence electrons.